The average molecular weight is 866 g/mol. The molecule has 0 aliphatic carbocycles. The molecule has 2 heterocycles. The number of hydrogen-bond donors (Lipinski definition) is 0. The van der Waals surface area contributed by atoms with Crippen LogP contribution in [0.5, 0.6) is 5.75 Å². The van der Waals surface area contributed by atoms with Gasteiger partial charge in [0.15, 0.2) is 12.3 Å². The molecule has 4 aromatic rings. The number of carbonyl (C=O) groups is 1. The van der Waals surface area contributed by atoms with Crippen molar-refractivity contribution in [2.75, 3.05) is 25.2 Å². The molecule has 0 N–H and O–H groups in total. The number of benzene rings is 4. The van der Waals surface area contributed by atoms with Crippen molar-refractivity contribution < 1.29 is 100 Å². The minimum Gasteiger partial charge on any atom is -1.00 e. The minimum absolute atomic E-state index is 0. The maximum Gasteiger partial charge on any atom is 1.00 e. The minimum atomic E-state index is -4.62. The van der Waals surface area contributed by atoms with E-state index in [4.69, 9.17) is 9.47 Å². The molecular formula is C45H50BrKN2O6S. The number of hydrogen-bond acceptors (Lipinski definition) is 7. The first kappa shape index (κ1) is 45.8. The van der Waals surface area contributed by atoms with Gasteiger partial charge in [0.25, 0.3) is 0 Å². The van der Waals surface area contributed by atoms with Crippen LogP contribution in [0, 0.1) is 0 Å². The number of fused-ring (bicyclic) bond motifs is 4. The zero-order chi connectivity index (χ0) is 38.7. The fraction of sp³-hybridized carbons (Fsp3) is 0.333. The number of allylic oxidation sites excluding steroid dienone is 6. The monoisotopic (exact) mass is 864 g/mol. The Morgan fingerprint density at radius 3 is 2.32 bits per heavy atom. The molecule has 2 aliphatic heterocycles. The third kappa shape index (κ3) is 9.69. The number of carbonyl (C=O) groups excluding carboxylic acids is 1. The molecule has 290 valence electrons. The Morgan fingerprint density at radius 1 is 0.893 bits per heavy atom. The molecule has 0 fully saturated rings. The van der Waals surface area contributed by atoms with Crippen molar-refractivity contribution in [2.45, 2.75) is 82.6 Å². The van der Waals surface area contributed by atoms with Gasteiger partial charge in [-0.25, -0.2) is 8.42 Å². The fourth-order valence-corrected chi connectivity index (χ4v) is 8.47. The summed E-state index contributed by atoms with van der Waals surface area (Å²) in [5, 5.41) is 2.47. The molecule has 0 saturated heterocycles. The van der Waals surface area contributed by atoms with E-state index in [0.29, 0.717) is 19.6 Å². The summed E-state index contributed by atoms with van der Waals surface area (Å²) in [5.74, 6) is 0.631. The Bertz CT molecular complexity index is 2300. The fourth-order valence-electron chi connectivity index (χ4n) is 7.98. The SMILES string of the molecule is CCOC(=O)CCCCCN1\C(=C/C=C/C=C/C2=[N+](Cc3ccc(OC)cc3)c3ccc(S(=O)(=O)[O-])cc3C2(C)C)C(C)(C)c2c1ccc1ccccc21.[Br-].[K+]. The third-order valence-corrected chi connectivity index (χ3v) is 11.5. The molecule has 2 aliphatic rings. The van der Waals surface area contributed by atoms with Gasteiger partial charge in [-0.15, -0.1) is 0 Å². The van der Waals surface area contributed by atoms with Crippen molar-refractivity contribution in [1.82, 2.24) is 0 Å². The molecule has 8 nitrogen and oxygen atoms in total. The van der Waals surface area contributed by atoms with E-state index in [-0.39, 0.29) is 84.6 Å². The molecule has 0 spiro atoms. The van der Waals surface area contributed by atoms with Crippen LogP contribution in [0.15, 0.2) is 120 Å². The van der Waals surface area contributed by atoms with Gasteiger partial charge in [0, 0.05) is 53.0 Å². The maximum atomic E-state index is 12.0. The number of ether oxygens (including phenoxy) is 2. The van der Waals surface area contributed by atoms with E-state index in [2.05, 4.69) is 91.8 Å². The summed E-state index contributed by atoms with van der Waals surface area (Å²) < 4.78 is 48.7. The van der Waals surface area contributed by atoms with Gasteiger partial charge in [0.2, 0.25) is 5.69 Å². The number of nitrogens with zero attached hydrogens (tertiary/aromatic N) is 2. The predicted octanol–water partition coefficient (Wildman–Crippen LogP) is 3.25. The van der Waals surface area contributed by atoms with Crippen LogP contribution in [0.2, 0.25) is 0 Å². The second-order valence-corrected chi connectivity index (χ2v) is 16.3. The summed E-state index contributed by atoms with van der Waals surface area (Å²) in [7, 11) is -2.98. The van der Waals surface area contributed by atoms with Gasteiger partial charge in [-0.1, -0.05) is 68.8 Å². The Hall–Kier alpha value is -2.87. The second kappa shape index (κ2) is 19.3. The topological polar surface area (TPSA) is 99.0 Å². The zero-order valence-electron chi connectivity index (χ0n) is 33.5. The Kier molecular flexibility index (Phi) is 15.8. The number of rotatable bonds is 14. The first-order valence-corrected chi connectivity index (χ1v) is 20.1. The van der Waals surface area contributed by atoms with Crippen LogP contribution < -0.4 is 78.0 Å². The van der Waals surface area contributed by atoms with Crippen LogP contribution in [0.1, 0.15) is 77.0 Å². The number of esters is 1. The second-order valence-electron chi connectivity index (χ2n) is 14.9. The largest absolute Gasteiger partial charge is 1.00 e. The predicted molar refractivity (Wildman–Crippen MR) is 215 cm³/mol. The van der Waals surface area contributed by atoms with Crippen LogP contribution >= 0.6 is 0 Å². The smallest absolute Gasteiger partial charge is 1.00 e. The third-order valence-electron chi connectivity index (χ3n) is 10.7. The molecule has 0 unspecified atom stereocenters. The van der Waals surface area contributed by atoms with Crippen LogP contribution in [0.3, 0.4) is 0 Å². The molecule has 0 amide bonds. The van der Waals surface area contributed by atoms with E-state index < -0.39 is 15.5 Å². The molecule has 11 heteroatoms. The summed E-state index contributed by atoms with van der Waals surface area (Å²) in [4.78, 5) is 14.1. The van der Waals surface area contributed by atoms with Gasteiger partial charge < -0.3 is 35.9 Å². The van der Waals surface area contributed by atoms with Gasteiger partial charge >= 0.3 is 57.4 Å². The standard InChI is InChI=1S/C45H50N2O6S.BrH.K/c1-7-53-42(48)20-12-9-15-29-46-39-27-23-33-16-13-14-17-36(33)43(39)45(4,5)41(46)19-11-8-10-18-40-44(2,3)37-30-35(54(49,50)51)26-28-38(37)47(40)31-32-21-24-34(52-6)25-22-32;;/h8,10-11,13-14,16-19,21-28,30H,7,9,12,15,20,29,31H2,1-6H3;1H;/q;;+1/p-1. The molecular weight excluding hydrogens is 816 g/mol. The summed E-state index contributed by atoms with van der Waals surface area (Å²) in [6.45, 7) is 12.3. The van der Waals surface area contributed by atoms with E-state index in [1.165, 1.54) is 39.9 Å². The molecule has 6 rings (SSSR count). The summed E-state index contributed by atoms with van der Waals surface area (Å²) in [6.07, 6.45) is 13.5. The van der Waals surface area contributed by atoms with Crippen LogP contribution in [-0.2, 0) is 37.0 Å². The van der Waals surface area contributed by atoms with Crippen LogP contribution in [-0.4, -0.2) is 49.5 Å². The first-order chi connectivity index (χ1) is 25.8. The Morgan fingerprint density at radius 2 is 1.62 bits per heavy atom. The van der Waals surface area contributed by atoms with E-state index in [1.807, 2.05) is 43.3 Å². The van der Waals surface area contributed by atoms with Gasteiger partial charge in [-0.05, 0) is 98.5 Å². The number of unbranched alkanes of at least 4 members (excludes halogenated alkanes) is 2. The molecule has 0 aromatic heterocycles. The first-order valence-electron chi connectivity index (χ1n) is 18.7. The van der Waals surface area contributed by atoms with Crippen molar-refractivity contribution in [1.29, 1.82) is 0 Å². The van der Waals surface area contributed by atoms with Crippen LogP contribution in [0.25, 0.3) is 10.8 Å². The average Bonchev–Trinajstić information content (AvgIpc) is 3.49. The summed E-state index contributed by atoms with van der Waals surface area (Å²) in [6, 6.07) is 25.5. The van der Waals surface area contributed by atoms with Crippen molar-refractivity contribution >= 4 is 43.9 Å². The molecule has 0 radical (unpaired) electrons. The molecule has 56 heavy (non-hydrogen) atoms. The zero-order valence-corrected chi connectivity index (χ0v) is 39.0. The molecule has 4 aromatic carbocycles. The van der Waals surface area contributed by atoms with E-state index in [0.717, 1.165) is 54.1 Å². The number of anilines is 1. The number of halogens is 1. The molecule has 0 bridgehead atoms. The van der Waals surface area contributed by atoms with E-state index in [9.17, 15) is 17.8 Å². The van der Waals surface area contributed by atoms with Gasteiger partial charge in [0.1, 0.15) is 15.9 Å². The van der Waals surface area contributed by atoms with Gasteiger partial charge in [-0.3, -0.25) is 4.79 Å². The quantitative estimate of drug-likeness (QED) is 0.0480. The number of methoxy groups -OCH3 is 1. The molecule has 0 saturated carbocycles. The van der Waals surface area contributed by atoms with Crippen molar-refractivity contribution in [3.05, 3.63) is 132 Å². The summed E-state index contributed by atoms with van der Waals surface area (Å²) >= 11 is 0. The Balaban J connectivity index is 0.00000348. The van der Waals surface area contributed by atoms with Crippen molar-refractivity contribution in [2.24, 2.45) is 0 Å². The normalized spacial score (nSPS) is 16.3. The van der Waals surface area contributed by atoms with Crippen molar-refractivity contribution in [3.8, 4) is 5.75 Å². The Labute approximate surface area is 385 Å². The molecule has 0 atom stereocenters. The maximum absolute atomic E-state index is 12.0. The van der Waals surface area contributed by atoms with E-state index in [1.54, 1.807) is 13.2 Å². The van der Waals surface area contributed by atoms with Gasteiger partial charge in [0.05, 0.1) is 24.0 Å². The summed E-state index contributed by atoms with van der Waals surface area (Å²) in [5.41, 5.74) is 6.60. The van der Waals surface area contributed by atoms with Crippen molar-refractivity contribution in [3.63, 3.8) is 0 Å². The van der Waals surface area contributed by atoms with Gasteiger partial charge in [-0.2, -0.15) is 4.58 Å². The van der Waals surface area contributed by atoms with Crippen LogP contribution in [0.4, 0.5) is 11.4 Å². The van der Waals surface area contributed by atoms with E-state index >= 15 is 0 Å².